The highest BCUT2D eigenvalue weighted by molar-refractivity contribution is 6.30. The Balaban J connectivity index is 2.52. The van der Waals surface area contributed by atoms with Gasteiger partial charge in [0.1, 0.15) is 5.82 Å². The van der Waals surface area contributed by atoms with Gasteiger partial charge in [0.05, 0.1) is 0 Å². The van der Waals surface area contributed by atoms with E-state index in [9.17, 15) is 4.39 Å². The molecule has 0 saturated heterocycles. The third kappa shape index (κ3) is 7.28. The van der Waals surface area contributed by atoms with Gasteiger partial charge < -0.3 is 5.32 Å². The van der Waals surface area contributed by atoms with E-state index in [0.29, 0.717) is 10.6 Å². The highest BCUT2D eigenvalue weighted by atomic mass is 35.5. The van der Waals surface area contributed by atoms with E-state index in [0.717, 1.165) is 25.8 Å². The zero-order valence-electron chi connectivity index (χ0n) is 13.4. The van der Waals surface area contributed by atoms with E-state index in [2.05, 4.69) is 19.2 Å². The van der Waals surface area contributed by atoms with Crippen LogP contribution in [-0.4, -0.2) is 6.54 Å². The molecule has 0 fully saturated rings. The molecule has 1 aromatic carbocycles. The van der Waals surface area contributed by atoms with Crippen LogP contribution in [0.5, 0.6) is 0 Å². The summed E-state index contributed by atoms with van der Waals surface area (Å²) in [5.41, 5.74) is 0.713. The van der Waals surface area contributed by atoms with E-state index < -0.39 is 0 Å². The second-order valence-corrected chi connectivity index (χ2v) is 6.17. The molecule has 0 aliphatic carbocycles. The summed E-state index contributed by atoms with van der Waals surface area (Å²) in [6.07, 6.45) is 9.58. The molecule has 1 nitrogen and oxygen atoms in total. The minimum Gasteiger partial charge on any atom is -0.310 e. The van der Waals surface area contributed by atoms with Crippen LogP contribution in [0.15, 0.2) is 18.2 Å². The Labute approximate surface area is 134 Å². The molecule has 0 spiro atoms. The summed E-state index contributed by atoms with van der Waals surface area (Å²) in [6, 6.07) is 4.93. The Hall–Kier alpha value is -0.600. The summed E-state index contributed by atoms with van der Waals surface area (Å²) in [5, 5.41) is 4.07. The molecule has 1 atom stereocenters. The van der Waals surface area contributed by atoms with Crippen molar-refractivity contribution in [2.45, 2.75) is 71.3 Å². The van der Waals surface area contributed by atoms with Crippen molar-refractivity contribution >= 4 is 11.6 Å². The van der Waals surface area contributed by atoms with Crippen molar-refractivity contribution < 1.29 is 4.39 Å². The van der Waals surface area contributed by atoms with Crippen LogP contribution < -0.4 is 5.32 Å². The lowest BCUT2D eigenvalue weighted by atomic mass is 9.99. The number of unbranched alkanes of at least 4 members (excludes halogenated alkanes) is 5. The van der Waals surface area contributed by atoms with Gasteiger partial charge in [-0.05, 0) is 37.6 Å². The van der Waals surface area contributed by atoms with E-state index in [1.807, 2.05) is 0 Å². The van der Waals surface area contributed by atoms with Crippen LogP contribution in [0, 0.1) is 5.82 Å². The summed E-state index contributed by atoms with van der Waals surface area (Å²) in [4.78, 5) is 0. The fourth-order valence-electron chi connectivity index (χ4n) is 2.60. The van der Waals surface area contributed by atoms with Gasteiger partial charge in [-0.3, -0.25) is 0 Å². The van der Waals surface area contributed by atoms with Gasteiger partial charge >= 0.3 is 0 Å². The summed E-state index contributed by atoms with van der Waals surface area (Å²) in [7, 11) is 0. The molecule has 0 bridgehead atoms. The average molecular weight is 314 g/mol. The molecule has 1 unspecified atom stereocenters. The van der Waals surface area contributed by atoms with E-state index in [1.165, 1.54) is 38.2 Å². The first-order valence-electron chi connectivity index (χ1n) is 8.37. The van der Waals surface area contributed by atoms with Crippen molar-refractivity contribution in [1.29, 1.82) is 0 Å². The number of nitrogens with one attached hydrogen (secondary N) is 1. The third-order valence-electron chi connectivity index (χ3n) is 3.82. The lowest BCUT2D eigenvalue weighted by molar-refractivity contribution is 0.449. The summed E-state index contributed by atoms with van der Waals surface area (Å²) in [6.45, 7) is 5.27. The Bertz CT molecular complexity index is 395. The smallest absolute Gasteiger partial charge is 0.128 e. The number of halogens is 2. The van der Waals surface area contributed by atoms with E-state index in [1.54, 1.807) is 12.1 Å². The van der Waals surface area contributed by atoms with Gasteiger partial charge in [-0.25, -0.2) is 4.39 Å². The molecule has 1 N–H and O–H groups in total. The SMILES string of the molecule is CCCCCCCCC(NCCC)c1cc(Cl)ccc1F. The van der Waals surface area contributed by atoms with E-state index >= 15 is 0 Å². The molecule has 1 aromatic rings. The third-order valence-corrected chi connectivity index (χ3v) is 4.06. The number of hydrogen-bond acceptors (Lipinski definition) is 1. The maximum atomic E-state index is 14.0. The highest BCUT2D eigenvalue weighted by Crippen LogP contribution is 2.26. The highest BCUT2D eigenvalue weighted by Gasteiger charge is 2.15. The molecule has 120 valence electrons. The molecule has 0 amide bonds. The van der Waals surface area contributed by atoms with Crippen LogP contribution in [0.2, 0.25) is 5.02 Å². The molecule has 0 heterocycles. The predicted octanol–water partition coefficient (Wildman–Crippen LogP) is 6.27. The van der Waals surface area contributed by atoms with Crippen LogP contribution in [0.3, 0.4) is 0 Å². The first-order valence-corrected chi connectivity index (χ1v) is 8.75. The van der Waals surface area contributed by atoms with Gasteiger partial charge in [-0.2, -0.15) is 0 Å². The molecular weight excluding hydrogens is 285 g/mol. The molecule has 0 aromatic heterocycles. The van der Waals surface area contributed by atoms with Crippen molar-refractivity contribution in [1.82, 2.24) is 5.32 Å². The first kappa shape index (κ1) is 18.4. The molecule has 0 aliphatic rings. The largest absolute Gasteiger partial charge is 0.310 e. The summed E-state index contributed by atoms with van der Waals surface area (Å²) < 4.78 is 14.0. The molecule has 0 aliphatic heterocycles. The van der Waals surface area contributed by atoms with Crippen LogP contribution in [0.4, 0.5) is 4.39 Å². The molecular formula is C18H29ClFN. The summed E-state index contributed by atoms with van der Waals surface area (Å²) in [5.74, 6) is -0.154. The Morgan fingerprint density at radius 2 is 1.76 bits per heavy atom. The number of rotatable bonds is 11. The number of benzene rings is 1. The lowest BCUT2D eigenvalue weighted by Crippen LogP contribution is -2.23. The van der Waals surface area contributed by atoms with Crippen molar-refractivity contribution in [3.8, 4) is 0 Å². The van der Waals surface area contributed by atoms with E-state index in [-0.39, 0.29) is 11.9 Å². The lowest BCUT2D eigenvalue weighted by Gasteiger charge is -2.20. The summed E-state index contributed by atoms with van der Waals surface area (Å²) >= 11 is 6.02. The number of hydrogen-bond donors (Lipinski definition) is 1. The second kappa shape index (κ2) is 11.0. The standard InChI is InChI=1S/C18H29ClFN/c1-3-5-6-7-8-9-10-18(21-13-4-2)16-14-15(19)11-12-17(16)20/h11-12,14,18,21H,3-10,13H2,1-2H3. The molecule has 1 rings (SSSR count). The zero-order chi connectivity index (χ0) is 15.5. The van der Waals surface area contributed by atoms with Gasteiger partial charge in [-0.1, -0.05) is 64.0 Å². The van der Waals surface area contributed by atoms with Gasteiger partial charge in [0.25, 0.3) is 0 Å². The normalized spacial score (nSPS) is 12.6. The van der Waals surface area contributed by atoms with Crippen molar-refractivity contribution in [2.75, 3.05) is 6.54 Å². The minimum absolute atomic E-state index is 0.0785. The fraction of sp³-hybridized carbons (Fsp3) is 0.667. The van der Waals surface area contributed by atoms with Gasteiger partial charge in [-0.15, -0.1) is 0 Å². The Morgan fingerprint density at radius 3 is 2.48 bits per heavy atom. The van der Waals surface area contributed by atoms with Crippen molar-refractivity contribution in [2.24, 2.45) is 0 Å². The molecule has 0 saturated carbocycles. The van der Waals surface area contributed by atoms with Crippen LogP contribution in [0.1, 0.15) is 76.8 Å². The second-order valence-electron chi connectivity index (χ2n) is 5.73. The average Bonchev–Trinajstić information content (AvgIpc) is 2.48. The minimum atomic E-state index is -0.154. The topological polar surface area (TPSA) is 12.0 Å². The van der Waals surface area contributed by atoms with Gasteiger partial charge in [0.2, 0.25) is 0 Å². The van der Waals surface area contributed by atoms with Crippen LogP contribution >= 0.6 is 11.6 Å². The fourth-order valence-corrected chi connectivity index (χ4v) is 2.78. The monoisotopic (exact) mass is 313 g/mol. The Morgan fingerprint density at radius 1 is 1.05 bits per heavy atom. The first-order chi connectivity index (χ1) is 10.2. The quantitative estimate of drug-likeness (QED) is 0.475. The van der Waals surface area contributed by atoms with Crippen molar-refractivity contribution in [3.05, 3.63) is 34.6 Å². The predicted molar refractivity (Wildman–Crippen MR) is 90.4 cm³/mol. The van der Waals surface area contributed by atoms with E-state index in [4.69, 9.17) is 11.6 Å². The van der Waals surface area contributed by atoms with Gasteiger partial charge in [0, 0.05) is 16.6 Å². The van der Waals surface area contributed by atoms with Crippen LogP contribution in [-0.2, 0) is 0 Å². The van der Waals surface area contributed by atoms with Crippen molar-refractivity contribution in [3.63, 3.8) is 0 Å². The maximum absolute atomic E-state index is 14.0. The van der Waals surface area contributed by atoms with Crippen LogP contribution in [0.25, 0.3) is 0 Å². The van der Waals surface area contributed by atoms with Gasteiger partial charge in [0.15, 0.2) is 0 Å². The Kier molecular flexibility index (Phi) is 9.69. The molecule has 21 heavy (non-hydrogen) atoms. The molecule has 0 radical (unpaired) electrons. The zero-order valence-corrected chi connectivity index (χ0v) is 14.2. The molecule has 3 heteroatoms. The maximum Gasteiger partial charge on any atom is 0.128 e.